The minimum atomic E-state index is 0.120. The highest BCUT2D eigenvalue weighted by Crippen LogP contribution is 2.29. The van der Waals surface area contributed by atoms with Gasteiger partial charge in [0, 0.05) is 31.5 Å². The van der Waals surface area contributed by atoms with Crippen molar-refractivity contribution in [2.45, 2.75) is 26.3 Å². The van der Waals surface area contributed by atoms with Gasteiger partial charge in [-0.1, -0.05) is 13.8 Å². The zero-order chi connectivity index (χ0) is 11.8. The summed E-state index contributed by atoms with van der Waals surface area (Å²) in [6, 6.07) is 0.263. The van der Waals surface area contributed by atoms with Gasteiger partial charge in [0.05, 0.1) is 4.47 Å². The molecule has 1 saturated heterocycles. The second kappa shape index (κ2) is 4.30. The fourth-order valence-electron chi connectivity index (χ4n) is 2.01. The molecule has 2 N–H and O–H groups in total. The Bertz CT molecular complexity index is 363. The van der Waals surface area contributed by atoms with Crippen molar-refractivity contribution in [2.75, 3.05) is 18.0 Å². The van der Waals surface area contributed by atoms with Gasteiger partial charge in [-0.15, -0.1) is 0 Å². The molecule has 0 spiro atoms. The summed E-state index contributed by atoms with van der Waals surface area (Å²) in [5.74, 6) is 0.795. The molecule has 1 unspecified atom stereocenters. The van der Waals surface area contributed by atoms with Crippen molar-refractivity contribution >= 4 is 21.9 Å². The predicted octanol–water partition coefficient (Wildman–Crippen LogP) is 1.80. The van der Waals surface area contributed by atoms with Crippen LogP contribution in [0.1, 0.15) is 20.3 Å². The summed E-state index contributed by atoms with van der Waals surface area (Å²) in [6.07, 6.45) is 4.56. The van der Waals surface area contributed by atoms with E-state index in [0.717, 1.165) is 29.9 Å². The van der Waals surface area contributed by atoms with Crippen LogP contribution in [0, 0.1) is 5.41 Å². The molecule has 0 aromatic carbocycles. The van der Waals surface area contributed by atoms with Crippen molar-refractivity contribution in [3.05, 3.63) is 16.9 Å². The number of aromatic nitrogens is 2. The average Bonchev–Trinajstić information content (AvgIpc) is 2.23. The van der Waals surface area contributed by atoms with Crippen molar-refractivity contribution in [1.82, 2.24) is 9.97 Å². The van der Waals surface area contributed by atoms with Gasteiger partial charge in [0.1, 0.15) is 0 Å². The van der Waals surface area contributed by atoms with E-state index in [-0.39, 0.29) is 11.5 Å². The lowest BCUT2D eigenvalue weighted by atomic mass is 9.80. The summed E-state index contributed by atoms with van der Waals surface area (Å²) < 4.78 is 0.907. The molecule has 2 heterocycles. The second-order valence-corrected chi connectivity index (χ2v) is 5.92. The van der Waals surface area contributed by atoms with E-state index in [1.807, 2.05) is 0 Å². The van der Waals surface area contributed by atoms with E-state index in [4.69, 9.17) is 5.73 Å². The first-order valence-electron chi connectivity index (χ1n) is 5.47. The Kier molecular flexibility index (Phi) is 3.17. The van der Waals surface area contributed by atoms with Crippen LogP contribution in [0.25, 0.3) is 0 Å². The number of nitrogens with zero attached hydrogens (tertiary/aromatic N) is 3. The fourth-order valence-corrected chi connectivity index (χ4v) is 2.22. The number of hydrogen-bond donors (Lipinski definition) is 1. The van der Waals surface area contributed by atoms with Gasteiger partial charge in [0.2, 0.25) is 5.95 Å². The Hall–Kier alpha value is -0.680. The minimum Gasteiger partial charge on any atom is -0.340 e. The summed E-state index contributed by atoms with van der Waals surface area (Å²) >= 11 is 3.34. The third-order valence-corrected chi connectivity index (χ3v) is 3.61. The molecule has 1 fully saturated rings. The van der Waals surface area contributed by atoms with Crippen molar-refractivity contribution in [1.29, 1.82) is 0 Å². The Morgan fingerprint density at radius 2 is 2.06 bits per heavy atom. The normalized spacial score (nSPS) is 24.5. The van der Waals surface area contributed by atoms with Gasteiger partial charge in [-0.25, -0.2) is 9.97 Å². The number of hydrogen-bond acceptors (Lipinski definition) is 4. The van der Waals surface area contributed by atoms with Crippen molar-refractivity contribution in [2.24, 2.45) is 11.1 Å². The van der Waals surface area contributed by atoms with E-state index in [9.17, 15) is 0 Å². The lowest BCUT2D eigenvalue weighted by Gasteiger charge is -2.42. The van der Waals surface area contributed by atoms with E-state index in [1.54, 1.807) is 12.4 Å². The zero-order valence-electron chi connectivity index (χ0n) is 9.65. The molecule has 4 nitrogen and oxygen atoms in total. The highest BCUT2D eigenvalue weighted by atomic mass is 79.9. The quantitative estimate of drug-likeness (QED) is 0.855. The van der Waals surface area contributed by atoms with Crippen LogP contribution < -0.4 is 10.6 Å². The van der Waals surface area contributed by atoms with Gasteiger partial charge in [-0.2, -0.15) is 0 Å². The van der Waals surface area contributed by atoms with Crippen LogP contribution in [-0.4, -0.2) is 29.1 Å². The number of rotatable bonds is 1. The zero-order valence-corrected chi connectivity index (χ0v) is 11.2. The highest BCUT2D eigenvalue weighted by molar-refractivity contribution is 9.10. The van der Waals surface area contributed by atoms with Crippen LogP contribution >= 0.6 is 15.9 Å². The van der Waals surface area contributed by atoms with E-state index >= 15 is 0 Å². The smallest absolute Gasteiger partial charge is 0.225 e. The standard InChI is InChI=1S/C11H17BrN4/c1-11(2)7-16(4-3-9(11)13)10-14-5-8(12)6-15-10/h5-6,9H,3-4,7,13H2,1-2H3. The van der Waals surface area contributed by atoms with Gasteiger partial charge in [-0.05, 0) is 27.8 Å². The van der Waals surface area contributed by atoms with Crippen LogP contribution in [0.5, 0.6) is 0 Å². The van der Waals surface area contributed by atoms with E-state index < -0.39 is 0 Å². The first kappa shape index (κ1) is 11.8. The van der Waals surface area contributed by atoms with Crippen molar-refractivity contribution in [3.63, 3.8) is 0 Å². The third kappa shape index (κ3) is 2.35. The lowest BCUT2D eigenvalue weighted by Crippen LogP contribution is -2.52. The van der Waals surface area contributed by atoms with Gasteiger partial charge < -0.3 is 10.6 Å². The van der Waals surface area contributed by atoms with Crippen LogP contribution in [0.4, 0.5) is 5.95 Å². The molecule has 1 aliphatic heterocycles. The van der Waals surface area contributed by atoms with Crippen molar-refractivity contribution in [3.8, 4) is 0 Å². The number of anilines is 1. The maximum Gasteiger partial charge on any atom is 0.225 e. The molecular formula is C11H17BrN4. The SMILES string of the molecule is CC1(C)CN(c2ncc(Br)cn2)CCC1N. The summed E-state index contributed by atoms with van der Waals surface area (Å²) in [5.41, 5.74) is 6.22. The van der Waals surface area contributed by atoms with Crippen LogP contribution in [0.2, 0.25) is 0 Å². The monoisotopic (exact) mass is 284 g/mol. The number of nitrogens with two attached hydrogens (primary N) is 1. The topological polar surface area (TPSA) is 55.0 Å². The first-order chi connectivity index (χ1) is 7.49. The molecule has 0 bridgehead atoms. The molecule has 0 aliphatic carbocycles. The predicted molar refractivity (Wildman–Crippen MR) is 68.3 cm³/mol. The van der Waals surface area contributed by atoms with Crippen LogP contribution in [0.3, 0.4) is 0 Å². The van der Waals surface area contributed by atoms with Gasteiger partial charge >= 0.3 is 0 Å². The highest BCUT2D eigenvalue weighted by Gasteiger charge is 2.34. The largest absolute Gasteiger partial charge is 0.340 e. The molecule has 16 heavy (non-hydrogen) atoms. The Morgan fingerprint density at radius 3 is 2.62 bits per heavy atom. The second-order valence-electron chi connectivity index (χ2n) is 5.01. The van der Waals surface area contributed by atoms with Crippen molar-refractivity contribution < 1.29 is 0 Å². The maximum atomic E-state index is 6.10. The molecule has 5 heteroatoms. The molecule has 0 saturated carbocycles. The first-order valence-corrected chi connectivity index (χ1v) is 6.26. The molecule has 88 valence electrons. The summed E-state index contributed by atoms with van der Waals surface area (Å²) in [5, 5.41) is 0. The fraction of sp³-hybridized carbons (Fsp3) is 0.636. The maximum absolute atomic E-state index is 6.10. The molecular weight excluding hydrogens is 268 g/mol. The molecule has 1 aromatic heterocycles. The van der Waals surface area contributed by atoms with Gasteiger partial charge in [-0.3, -0.25) is 0 Å². The van der Waals surface area contributed by atoms with E-state index in [2.05, 4.69) is 44.6 Å². The number of halogens is 1. The third-order valence-electron chi connectivity index (χ3n) is 3.20. The van der Waals surface area contributed by atoms with E-state index in [1.165, 1.54) is 0 Å². The lowest BCUT2D eigenvalue weighted by molar-refractivity contribution is 0.243. The summed E-state index contributed by atoms with van der Waals surface area (Å²) in [6.45, 7) is 6.24. The number of piperidine rings is 1. The Labute approximate surface area is 104 Å². The summed E-state index contributed by atoms with van der Waals surface area (Å²) in [7, 11) is 0. The Morgan fingerprint density at radius 1 is 1.44 bits per heavy atom. The molecule has 1 atom stereocenters. The van der Waals surface area contributed by atoms with Crippen LogP contribution in [-0.2, 0) is 0 Å². The summed E-state index contributed by atoms with van der Waals surface area (Å²) in [4.78, 5) is 10.8. The molecule has 0 amide bonds. The Balaban J connectivity index is 2.14. The van der Waals surface area contributed by atoms with E-state index in [0.29, 0.717) is 0 Å². The molecule has 1 aromatic rings. The molecule has 0 radical (unpaired) electrons. The van der Waals surface area contributed by atoms with Gasteiger partial charge in [0.15, 0.2) is 0 Å². The minimum absolute atomic E-state index is 0.120. The van der Waals surface area contributed by atoms with Gasteiger partial charge in [0.25, 0.3) is 0 Å². The molecule has 2 rings (SSSR count). The average molecular weight is 285 g/mol. The van der Waals surface area contributed by atoms with Crippen LogP contribution in [0.15, 0.2) is 16.9 Å². The molecule has 1 aliphatic rings.